The van der Waals surface area contributed by atoms with Gasteiger partial charge >= 0.3 is 0 Å². The SMILES string of the molecule is CNc1cc([N+](=O)[O-])cc(F)c1S(=O)(=O)NCCC1CC1. The van der Waals surface area contributed by atoms with Gasteiger partial charge in [0.2, 0.25) is 10.0 Å². The molecule has 1 fully saturated rings. The lowest BCUT2D eigenvalue weighted by molar-refractivity contribution is -0.385. The molecule has 2 N–H and O–H groups in total. The highest BCUT2D eigenvalue weighted by atomic mass is 32.2. The van der Waals surface area contributed by atoms with E-state index in [-0.39, 0.29) is 12.2 Å². The summed E-state index contributed by atoms with van der Waals surface area (Å²) >= 11 is 0. The Balaban J connectivity index is 2.29. The maximum absolute atomic E-state index is 14.0. The summed E-state index contributed by atoms with van der Waals surface area (Å²) in [6.45, 7) is 0.229. The van der Waals surface area contributed by atoms with Crippen LogP contribution in [0.2, 0.25) is 0 Å². The van der Waals surface area contributed by atoms with E-state index in [4.69, 9.17) is 0 Å². The average Bonchev–Trinajstić information content (AvgIpc) is 3.21. The number of nitro groups is 1. The van der Waals surface area contributed by atoms with Crippen LogP contribution < -0.4 is 10.0 Å². The first-order chi connectivity index (χ1) is 9.85. The van der Waals surface area contributed by atoms with E-state index in [9.17, 15) is 22.9 Å². The van der Waals surface area contributed by atoms with E-state index in [1.54, 1.807) is 0 Å². The molecule has 116 valence electrons. The van der Waals surface area contributed by atoms with Crippen LogP contribution in [-0.2, 0) is 10.0 Å². The molecule has 0 bridgehead atoms. The van der Waals surface area contributed by atoms with Crippen molar-refractivity contribution in [2.75, 3.05) is 18.9 Å². The molecule has 9 heteroatoms. The molecular formula is C12H16FN3O4S. The molecular weight excluding hydrogens is 301 g/mol. The Morgan fingerprint density at radius 3 is 2.62 bits per heavy atom. The standard InChI is InChI=1S/C12H16FN3O4S/c1-14-11-7-9(16(17)18)6-10(13)12(11)21(19,20)15-5-4-8-2-3-8/h6-8,14-15H,2-5H2,1H3. The Hall–Kier alpha value is -1.74. The first-order valence-corrected chi connectivity index (χ1v) is 7.99. The maximum atomic E-state index is 14.0. The molecule has 0 aliphatic heterocycles. The zero-order chi connectivity index (χ0) is 15.6. The smallest absolute Gasteiger partial charge is 0.274 e. The van der Waals surface area contributed by atoms with Gasteiger partial charge in [-0.2, -0.15) is 0 Å². The molecule has 0 spiro atoms. The number of benzene rings is 1. The van der Waals surface area contributed by atoms with Crippen LogP contribution in [0.3, 0.4) is 0 Å². The molecule has 0 amide bonds. The average molecular weight is 317 g/mol. The van der Waals surface area contributed by atoms with Crippen molar-refractivity contribution in [3.63, 3.8) is 0 Å². The third-order valence-electron chi connectivity index (χ3n) is 3.32. The number of hydrogen-bond acceptors (Lipinski definition) is 5. The second-order valence-corrected chi connectivity index (χ2v) is 6.65. The van der Waals surface area contributed by atoms with Gasteiger partial charge < -0.3 is 5.32 Å². The first-order valence-electron chi connectivity index (χ1n) is 6.50. The van der Waals surface area contributed by atoms with Gasteiger partial charge in [0, 0.05) is 19.7 Å². The fourth-order valence-electron chi connectivity index (χ4n) is 2.02. The predicted molar refractivity (Wildman–Crippen MR) is 75.1 cm³/mol. The van der Waals surface area contributed by atoms with Crippen LogP contribution in [0.4, 0.5) is 15.8 Å². The van der Waals surface area contributed by atoms with Crippen molar-refractivity contribution in [2.24, 2.45) is 5.92 Å². The molecule has 0 aromatic heterocycles. The number of non-ortho nitro benzene ring substituents is 1. The normalized spacial score (nSPS) is 15.0. The Bertz CT molecular complexity index is 659. The zero-order valence-corrected chi connectivity index (χ0v) is 12.2. The molecule has 0 atom stereocenters. The molecule has 2 rings (SSSR count). The van der Waals surface area contributed by atoms with Crippen molar-refractivity contribution < 1.29 is 17.7 Å². The van der Waals surface area contributed by atoms with Gasteiger partial charge in [0.15, 0.2) is 5.82 Å². The predicted octanol–water partition coefficient (Wildman–Crippen LogP) is 1.85. The van der Waals surface area contributed by atoms with Gasteiger partial charge in [-0.15, -0.1) is 0 Å². The molecule has 1 aliphatic rings. The molecule has 7 nitrogen and oxygen atoms in total. The number of rotatable bonds is 7. The molecule has 1 aromatic rings. The summed E-state index contributed by atoms with van der Waals surface area (Å²) < 4.78 is 40.6. The lowest BCUT2D eigenvalue weighted by Gasteiger charge is -2.12. The first kappa shape index (κ1) is 15.6. The maximum Gasteiger partial charge on any atom is 0.274 e. The molecule has 1 aliphatic carbocycles. The van der Waals surface area contributed by atoms with E-state index in [0.717, 1.165) is 18.9 Å². The quantitative estimate of drug-likeness (QED) is 0.590. The second-order valence-electron chi connectivity index (χ2n) is 4.94. The fraction of sp³-hybridized carbons (Fsp3) is 0.500. The van der Waals surface area contributed by atoms with Gasteiger partial charge in [-0.05, 0) is 12.3 Å². The minimum absolute atomic E-state index is 0.138. The summed E-state index contributed by atoms with van der Waals surface area (Å²) in [5.41, 5.74) is -0.644. The third-order valence-corrected chi connectivity index (χ3v) is 4.86. The van der Waals surface area contributed by atoms with Crippen LogP contribution >= 0.6 is 0 Å². The van der Waals surface area contributed by atoms with Crippen molar-refractivity contribution in [2.45, 2.75) is 24.2 Å². The van der Waals surface area contributed by atoms with Crippen LogP contribution in [0.15, 0.2) is 17.0 Å². The largest absolute Gasteiger partial charge is 0.387 e. The van der Waals surface area contributed by atoms with E-state index in [1.807, 2.05) is 0 Å². The summed E-state index contributed by atoms with van der Waals surface area (Å²) in [6.07, 6.45) is 2.90. The molecule has 1 aromatic carbocycles. The van der Waals surface area contributed by atoms with Crippen molar-refractivity contribution in [3.05, 3.63) is 28.1 Å². The van der Waals surface area contributed by atoms with E-state index in [1.165, 1.54) is 7.05 Å². The Labute approximate surface area is 121 Å². The number of hydrogen-bond donors (Lipinski definition) is 2. The van der Waals surface area contributed by atoms with Crippen molar-refractivity contribution >= 4 is 21.4 Å². The Morgan fingerprint density at radius 2 is 2.10 bits per heavy atom. The molecule has 1 saturated carbocycles. The van der Waals surface area contributed by atoms with Gasteiger partial charge in [0.1, 0.15) is 4.90 Å². The fourth-order valence-corrected chi connectivity index (χ4v) is 3.32. The van der Waals surface area contributed by atoms with E-state index < -0.39 is 31.3 Å². The highest BCUT2D eigenvalue weighted by Gasteiger charge is 2.27. The number of anilines is 1. The number of nitro benzene ring substituents is 1. The summed E-state index contributed by atoms with van der Waals surface area (Å²) in [7, 11) is -2.68. The summed E-state index contributed by atoms with van der Waals surface area (Å²) in [6, 6.07) is 1.61. The lowest BCUT2D eigenvalue weighted by Crippen LogP contribution is -2.27. The van der Waals surface area contributed by atoms with E-state index in [0.29, 0.717) is 18.4 Å². The van der Waals surface area contributed by atoms with E-state index in [2.05, 4.69) is 10.0 Å². The van der Waals surface area contributed by atoms with Crippen molar-refractivity contribution in [1.82, 2.24) is 4.72 Å². The summed E-state index contributed by atoms with van der Waals surface area (Å²) in [5, 5.41) is 13.2. The van der Waals surface area contributed by atoms with Gasteiger partial charge in [0.05, 0.1) is 16.7 Å². The molecule has 0 unspecified atom stereocenters. The highest BCUT2D eigenvalue weighted by Crippen LogP contribution is 2.32. The number of halogens is 1. The van der Waals surface area contributed by atoms with Crippen LogP contribution in [0.25, 0.3) is 0 Å². The monoisotopic (exact) mass is 317 g/mol. The zero-order valence-electron chi connectivity index (χ0n) is 11.4. The number of nitrogens with one attached hydrogen (secondary N) is 2. The molecule has 0 radical (unpaired) electrons. The Morgan fingerprint density at radius 1 is 1.43 bits per heavy atom. The topological polar surface area (TPSA) is 101 Å². The van der Waals surface area contributed by atoms with Crippen molar-refractivity contribution in [3.8, 4) is 0 Å². The van der Waals surface area contributed by atoms with Gasteiger partial charge in [-0.3, -0.25) is 10.1 Å². The number of nitrogens with zero attached hydrogens (tertiary/aromatic N) is 1. The van der Waals surface area contributed by atoms with Crippen LogP contribution in [0.5, 0.6) is 0 Å². The van der Waals surface area contributed by atoms with Gasteiger partial charge in [-0.1, -0.05) is 12.8 Å². The second kappa shape index (κ2) is 5.94. The summed E-state index contributed by atoms with van der Waals surface area (Å²) in [4.78, 5) is 9.31. The number of sulfonamides is 1. The molecule has 0 heterocycles. The van der Waals surface area contributed by atoms with E-state index >= 15 is 0 Å². The van der Waals surface area contributed by atoms with Gasteiger partial charge in [-0.25, -0.2) is 17.5 Å². The molecule has 21 heavy (non-hydrogen) atoms. The lowest BCUT2D eigenvalue weighted by atomic mass is 10.2. The van der Waals surface area contributed by atoms with Crippen LogP contribution in [0, 0.1) is 21.8 Å². The third kappa shape index (κ3) is 3.67. The minimum Gasteiger partial charge on any atom is -0.387 e. The highest BCUT2D eigenvalue weighted by molar-refractivity contribution is 7.89. The van der Waals surface area contributed by atoms with Crippen LogP contribution in [-0.4, -0.2) is 26.9 Å². The molecule has 0 saturated heterocycles. The van der Waals surface area contributed by atoms with Crippen molar-refractivity contribution in [1.29, 1.82) is 0 Å². The van der Waals surface area contributed by atoms with Crippen LogP contribution in [0.1, 0.15) is 19.3 Å². The van der Waals surface area contributed by atoms with Gasteiger partial charge in [0.25, 0.3) is 5.69 Å². The summed E-state index contributed by atoms with van der Waals surface area (Å²) in [5.74, 6) is -0.606. The Kier molecular flexibility index (Phi) is 4.43. The minimum atomic E-state index is -4.05.